The summed E-state index contributed by atoms with van der Waals surface area (Å²) in [5.41, 5.74) is 2.12. The Morgan fingerprint density at radius 3 is 2.69 bits per heavy atom. The molecule has 2 aromatic heterocycles. The lowest BCUT2D eigenvalue weighted by Gasteiger charge is -2.14. The van der Waals surface area contributed by atoms with Gasteiger partial charge in [-0.05, 0) is 45.4 Å². The number of aromatic amines is 1. The van der Waals surface area contributed by atoms with Crippen LogP contribution < -0.4 is 20.3 Å². The van der Waals surface area contributed by atoms with Crippen molar-refractivity contribution in [3.05, 3.63) is 45.4 Å². The van der Waals surface area contributed by atoms with Gasteiger partial charge in [0.15, 0.2) is 11.5 Å². The third-order valence-electron chi connectivity index (χ3n) is 4.01. The molecule has 0 unspecified atom stereocenters. The molecule has 0 atom stereocenters. The smallest absolute Gasteiger partial charge is 0.277 e. The van der Waals surface area contributed by atoms with Crippen LogP contribution in [0.3, 0.4) is 0 Å². The van der Waals surface area contributed by atoms with Crippen LogP contribution in [0.5, 0.6) is 11.5 Å². The van der Waals surface area contributed by atoms with E-state index in [9.17, 15) is 4.79 Å². The van der Waals surface area contributed by atoms with Crippen LogP contribution >= 0.6 is 0 Å². The Morgan fingerprint density at radius 2 is 2.00 bits per heavy atom. The molecule has 8 nitrogen and oxygen atoms in total. The number of nitrogens with zero attached hydrogens (tertiary/aromatic N) is 3. The van der Waals surface area contributed by atoms with Gasteiger partial charge in [-0.25, -0.2) is 4.98 Å². The van der Waals surface area contributed by atoms with Gasteiger partial charge in [-0.15, -0.1) is 0 Å². The number of nitrogens with one attached hydrogen (secondary N) is 2. The number of benzene rings is 1. The van der Waals surface area contributed by atoms with Gasteiger partial charge in [0.05, 0.1) is 13.2 Å². The predicted octanol–water partition coefficient (Wildman–Crippen LogP) is 2.44. The van der Waals surface area contributed by atoms with Crippen molar-refractivity contribution >= 4 is 11.7 Å². The van der Waals surface area contributed by atoms with Crippen molar-refractivity contribution in [1.29, 1.82) is 0 Å². The number of methoxy groups -OCH3 is 1. The van der Waals surface area contributed by atoms with E-state index in [1.807, 2.05) is 32.0 Å². The zero-order chi connectivity index (χ0) is 18.8. The topological polar surface area (TPSA) is 93.5 Å². The van der Waals surface area contributed by atoms with E-state index in [2.05, 4.69) is 20.4 Å². The van der Waals surface area contributed by atoms with E-state index in [1.165, 1.54) is 4.52 Å². The Kier molecular flexibility index (Phi) is 4.83. The van der Waals surface area contributed by atoms with Crippen molar-refractivity contribution in [2.24, 2.45) is 0 Å². The molecule has 3 rings (SSSR count). The number of rotatable bonds is 6. The Morgan fingerprint density at radius 1 is 1.23 bits per heavy atom. The molecule has 8 heteroatoms. The zero-order valence-corrected chi connectivity index (χ0v) is 15.6. The maximum atomic E-state index is 12.2. The molecule has 0 bridgehead atoms. The first-order valence-corrected chi connectivity index (χ1v) is 8.42. The van der Waals surface area contributed by atoms with Crippen LogP contribution in [0, 0.1) is 13.8 Å². The lowest BCUT2D eigenvalue weighted by molar-refractivity contribution is 0.230. The van der Waals surface area contributed by atoms with Crippen molar-refractivity contribution < 1.29 is 9.47 Å². The van der Waals surface area contributed by atoms with Gasteiger partial charge in [0.25, 0.3) is 11.3 Å². The van der Waals surface area contributed by atoms with Crippen LogP contribution in [0.2, 0.25) is 0 Å². The Hall–Kier alpha value is -3.03. The minimum absolute atomic E-state index is 0.0705. The Bertz CT molecular complexity index is 990. The summed E-state index contributed by atoms with van der Waals surface area (Å²) in [7, 11) is 1.61. The molecule has 2 heterocycles. The number of H-pyrrole nitrogens is 1. The number of ether oxygens (including phenoxy) is 2. The van der Waals surface area contributed by atoms with E-state index in [4.69, 9.17) is 9.47 Å². The average Bonchev–Trinajstić information content (AvgIpc) is 3.01. The van der Waals surface area contributed by atoms with Crippen molar-refractivity contribution in [3.8, 4) is 11.5 Å². The Balaban J connectivity index is 1.80. The summed E-state index contributed by atoms with van der Waals surface area (Å²) in [4.78, 5) is 20.9. The molecule has 0 aliphatic rings. The number of anilines is 1. The molecule has 26 heavy (non-hydrogen) atoms. The van der Waals surface area contributed by atoms with E-state index in [1.54, 1.807) is 21.0 Å². The molecule has 0 saturated carbocycles. The van der Waals surface area contributed by atoms with Gasteiger partial charge in [-0.3, -0.25) is 9.89 Å². The number of hydrogen-bond donors (Lipinski definition) is 2. The van der Waals surface area contributed by atoms with Gasteiger partial charge in [0, 0.05) is 17.8 Å². The summed E-state index contributed by atoms with van der Waals surface area (Å²) >= 11 is 0. The first-order valence-electron chi connectivity index (χ1n) is 8.42. The largest absolute Gasteiger partial charge is 0.493 e. The fourth-order valence-electron chi connectivity index (χ4n) is 2.54. The van der Waals surface area contributed by atoms with E-state index in [0.29, 0.717) is 41.0 Å². The molecule has 0 spiro atoms. The van der Waals surface area contributed by atoms with Crippen molar-refractivity contribution in [2.45, 2.75) is 40.3 Å². The van der Waals surface area contributed by atoms with E-state index >= 15 is 0 Å². The summed E-state index contributed by atoms with van der Waals surface area (Å²) in [5, 5.41) is 6.10. The fraction of sp³-hybridized carbons (Fsp3) is 0.389. The van der Waals surface area contributed by atoms with Crippen LogP contribution in [0.15, 0.2) is 23.0 Å². The normalized spacial score (nSPS) is 11.2. The molecule has 2 N–H and O–H groups in total. The van der Waals surface area contributed by atoms with Crippen molar-refractivity contribution in [1.82, 2.24) is 19.6 Å². The second-order valence-electron chi connectivity index (χ2n) is 6.34. The zero-order valence-electron chi connectivity index (χ0n) is 15.6. The first-order chi connectivity index (χ1) is 12.4. The van der Waals surface area contributed by atoms with E-state index < -0.39 is 0 Å². The molecule has 0 fully saturated rings. The van der Waals surface area contributed by atoms with Crippen molar-refractivity contribution in [2.75, 3.05) is 12.4 Å². The molecule has 0 radical (unpaired) electrons. The summed E-state index contributed by atoms with van der Waals surface area (Å²) in [6, 6.07) is 5.74. The molecule has 3 aromatic rings. The molecule has 0 saturated heterocycles. The van der Waals surface area contributed by atoms with Crippen LogP contribution in [0.25, 0.3) is 5.78 Å². The van der Waals surface area contributed by atoms with Gasteiger partial charge in [0.1, 0.15) is 0 Å². The molecule has 0 aliphatic heterocycles. The third-order valence-corrected chi connectivity index (χ3v) is 4.01. The summed E-state index contributed by atoms with van der Waals surface area (Å²) < 4.78 is 12.5. The van der Waals surface area contributed by atoms with Gasteiger partial charge in [-0.1, -0.05) is 6.07 Å². The molecule has 1 aromatic carbocycles. The van der Waals surface area contributed by atoms with Crippen LogP contribution in [-0.4, -0.2) is 32.8 Å². The number of aromatic nitrogens is 4. The molecule has 0 aliphatic carbocycles. The van der Waals surface area contributed by atoms with Gasteiger partial charge >= 0.3 is 0 Å². The second-order valence-corrected chi connectivity index (χ2v) is 6.34. The highest BCUT2D eigenvalue weighted by Crippen LogP contribution is 2.29. The SMILES string of the molecule is COc1cc(CNc2nc3nc(C)c(C)c(=O)n3[nH]2)ccc1OC(C)C. The summed E-state index contributed by atoms with van der Waals surface area (Å²) in [6.45, 7) is 7.99. The van der Waals surface area contributed by atoms with Crippen LogP contribution in [0.1, 0.15) is 30.7 Å². The minimum Gasteiger partial charge on any atom is -0.493 e. The lowest BCUT2D eigenvalue weighted by Crippen LogP contribution is -2.19. The number of hydrogen-bond acceptors (Lipinski definition) is 6. The highest BCUT2D eigenvalue weighted by Gasteiger charge is 2.11. The maximum absolute atomic E-state index is 12.2. The highest BCUT2D eigenvalue weighted by atomic mass is 16.5. The van der Waals surface area contributed by atoms with E-state index in [0.717, 1.165) is 5.56 Å². The molecule has 138 valence electrons. The third kappa shape index (κ3) is 3.49. The summed E-state index contributed by atoms with van der Waals surface area (Å²) in [5.74, 6) is 2.20. The van der Waals surface area contributed by atoms with Crippen LogP contribution in [0.4, 0.5) is 5.95 Å². The molecular formula is C18H23N5O3. The van der Waals surface area contributed by atoms with Crippen molar-refractivity contribution in [3.63, 3.8) is 0 Å². The molecular weight excluding hydrogens is 334 g/mol. The second kappa shape index (κ2) is 7.07. The van der Waals surface area contributed by atoms with Gasteiger partial charge in [-0.2, -0.15) is 9.50 Å². The maximum Gasteiger partial charge on any atom is 0.277 e. The summed E-state index contributed by atoms with van der Waals surface area (Å²) in [6.07, 6.45) is 0.0705. The fourth-order valence-corrected chi connectivity index (χ4v) is 2.54. The van der Waals surface area contributed by atoms with E-state index in [-0.39, 0.29) is 11.7 Å². The standard InChI is InChI=1S/C18H23N5O3/c1-10(2)26-14-7-6-13(8-15(14)25-5)9-19-17-21-18-20-12(4)11(3)16(24)23(18)22-17/h6-8,10H,9H2,1-5H3,(H2,19,20,21,22). The number of aryl methyl sites for hydroxylation is 1. The monoisotopic (exact) mass is 357 g/mol. The van der Waals surface area contributed by atoms with Crippen LogP contribution in [-0.2, 0) is 6.54 Å². The highest BCUT2D eigenvalue weighted by molar-refractivity contribution is 5.45. The van der Waals surface area contributed by atoms with Gasteiger partial charge < -0.3 is 14.8 Å². The van der Waals surface area contributed by atoms with Gasteiger partial charge in [0.2, 0.25) is 5.95 Å². The Labute approximate surface area is 151 Å². The number of fused-ring (bicyclic) bond motifs is 1. The predicted molar refractivity (Wildman–Crippen MR) is 99.2 cm³/mol. The minimum atomic E-state index is -0.148. The average molecular weight is 357 g/mol. The lowest BCUT2D eigenvalue weighted by atomic mass is 10.2. The first kappa shape index (κ1) is 17.8. The molecule has 0 amide bonds. The quantitative estimate of drug-likeness (QED) is 0.704.